The van der Waals surface area contributed by atoms with Gasteiger partial charge in [-0.25, -0.2) is 0 Å². The maximum Gasteiger partial charge on any atom is 0.0630 e. The first-order valence-electron chi connectivity index (χ1n) is 4.69. The van der Waals surface area contributed by atoms with Gasteiger partial charge in [-0.3, -0.25) is 0 Å². The molecule has 0 aliphatic heterocycles. The molecule has 0 aliphatic carbocycles. The second-order valence-corrected chi connectivity index (χ2v) is 3.04. The molecule has 0 spiro atoms. The maximum atomic E-state index is 7.81. The van der Waals surface area contributed by atoms with Gasteiger partial charge >= 0.3 is 0 Å². The monoisotopic (exact) mass is 167 g/mol. The van der Waals surface area contributed by atoms with E-state index >= 15 is 0 Å². The van der Waals surface area contributed by atoms with Crippen LogP contribution in [-0.2, 0) is 0 Å². The highest BCUT2D eigenvalue weighted by Crippen LogP contribution is 2.20. The van der Waals surface area contributed by atoms with Crippen molar-refractivity contribution in [2.45, 2.75) is 6.92 Å². The van der Waals surface area contributed by atoms with E-state index in [1.165, 1.54) is 0 Å². The quantitative estimate of drug-likeness (QED) is 0.529. The van der Waals surface area contributed by atoms with E-state index in [1.807, 2.05) is 31.2 Å². The molecule has 0 atom stereocenters. The van der Waals surface area contributed by atoms with Crippen molar-refractivity contribution in [1.29, 1.82) is 0 Å². The Kier molecular flexibility index (Phi) is 1.53. The molecule has 0 saturated heterocycles. The van der Waals surface area contributed by atoms with Crippen LogP contribution >= 0.6 is 0 Å². The lowest BCUT2D eigenvalue weighted by Gasteiger charge is -2.03. The molecular formula is C13H10. The van der Waals surface area contributed by atoms with Crippen LogP contribution in [0.25, 0.3) is 10.8 Å². The summed E-state index contributed by atoms with van der Waals surface area (Å²) in [7, 11) is 0. The van der Waals surface area contributed by atoms with E-state index in [-0.39, 0.29) is 0 Å². The van der Waals surface area contributed by atoms with Gasteiger partial charge in [0.25, 0.3) is 0 Å². The van der Waals surface area contributed by atoms with E-state index in [1.54, 1.807) is 6.07 Å². The van der Waals surface area contributed by atoms with Crippen molar-refractivity contribution in [2.24, 2.45) is 0 Å². The predicted octanol–water partition coefficient (Wildman–Crippen LogP) is 3.13. The zero-order chi connectivity index (χ0) is 10.1. The number of aryl methyl sites for hydroxylation is 1. The summed E-state index contributed by atoms with van der Waals surface area (Å²) >= 11 is 0. The summed E-state index contributed by atoms with van der Waals surface area (Å²) < 4.78 is 7.81. The van der Waals surface area contributed by atoms with E-state index in [9.17, 15) is 0 Å². The van der Waals surface area contributed by atoms with Gasteiger partial charge in [0.15, 0.2) is 0 Å². The molecule has 0 nitrogen and oxygen atoms in total. The molecule has 2 rings (SSSR count). The van der Waals surface area contributed by atoms with E-state index in [0.29, 0.717) is 6.04 Å². The second kappa shape index (κ2) is 2.95. The molecule has 0 aliphatic rings. The van der Waals surface area contributed by atoms with Gasteiger partial charge in [0, 0.05) is 5.56 Å². The first-order chi connectivity index (χ1) is 6.74. The summed E-state index contributed by atoms with van der Waals surface area (Å²) in [5.74, 6) is 2.66. The molecule has 0 fully saturated rings. The molecule has 2 aromatic rings. The van der Waals surface area contributed by atoms with Gasteiger partial charge in [0.2, 0.25) is 0 Å². The maximum absolute atomic E-state index is 7.81. The number of terminal acetylenes is 1. The smallest absolute Gasteiger partial charge is 0.0630 e. The van der Waals surface area contributed by atoms with Crippen molar-refractivity contribution in [3.05, 3.63) is 47.5 Å². The van der Waals surface area contributed by atoms with Crippen molar-refractivity contribution in [3.8, 4) is 12.3 Å². The molecular weight excluding hydrogens is 156 g/mol. The van der Waals surface area contributed by atoms with Gasteiger partial charge < -0.3 is 0 Å². The van der Waals surface area contributed by atoms with Crippen molar-refractivity contribution >= 4 is 10.8 Å². The number of fused-ring (bicyclic) bond motifs is 1. The Morgan fingerprint density at radius 1 is 1.31 bits per heavy atom. The van der Waals surface area contributed by atoms with Crippen LogP contribution in [0.2, 0.25) is 0 Å². The summed E-state index contributed by atoms with van der Waals surface area (Å²) in [6.45, 7) is 1.97. The third kappa shape index (κ3) is 1.19. The van der Waals surface area contributed by atoms with Crippen LogP contribution in [0.3, 0.4) is 0 Å². The van der Waals surface area contributed by atoms with E-state index in [0.717, 1.165) is 21.9 Å². The Labute approximate surface area is 79.6 Å². The molecule has 13 heavy (non-hydrogen) atoms. The molecule has 0 saturated carbocycles. The average Bonchev–Trinajstić information content (AvgIpc) is 2.19. The summed E-state index contributed by atoms with van der Waals surface area (Å²) in [5.41, 5.74) is 1.90. The highest BCUT2D eigenvalue weighted by molar-refractivity contribution is 5.89. The number of benzene rings is 2. The van der Waals surface area contributed by atoms with Gasteiger partial charge in [-0.1, -0.05) is 42.3 Å². The summed E-state index contributed by atoms with van der Waals surface area (Å²) in [4.78, 5) is 0. The molecule has 0 bridgehead atoms. The van der Waals surface area contributed by atoms with Gasteiger partial charge in [0.1, 0.15) is 0 Å². The normalized spacial score (nSPS) is 10.9. The zero-order valence-corrected chi connectivity index (χ0v) is 7.46. The van der Waals surface area contributed by atoms with Crippen LogP contribution in [0.1, 0.15) is 12.5 Å². The van der Waals surface area contributed by atoms with Crippen LogP contribution in [0.15, 0.2) is 36.4 Å². The standard InChI is InChI=1S/C13H10/c1-3-12-10(2)8-9-11-6-4-5-7-13(11)12/h1,4-9H,2H3/i7D. The third-order valence-corrected chi connectivity index (χ3v) is 2.19. The lowest BCUT2D eigenvalue weighted by atomic mass is 10.0. The van der Waals surface area contributed by atoms with Crippen LogP contribution in [0, 0.1) is 19.3 Å². The van der Waals surface area contributed by atoms with E-state index in [4.69, 9.17) is 7.79 Å². The fraction of sp³-hybridized carbons (Fsp3) is 0.0769. The minimum atomic E-state index is 0.499. The molecule has 0 heterocycles. The van der Waals surface area contributed by atoms with E-state index < -0.39 is 0 Å². The Morgan fingerprint density at radius 3 is 2.92 bits per heavy atom. The summed E-state index contributed by atoms with van der Waals surface area (Å²) in [6, 6.07) is 10.1. The van der Waals surface area contributed by atoms with Gasteiger partial charge in [0.05, 0.1) is 1.37 Å². The number of hydrogen-bond acceptors (Lipinski definition) is 0. The number of hydrogen-bond donors (Lipinski definition) is 0. The van der Waals surface area contributed by atoms with Crippen molar-refractivity contribution < 1.29 is 1.37 Å². The minimum absolute atomic E-state index is 0.499. The van der Waals surface area contributed by atoms with Crippen molar-refractivity contribution in [1.82, 2.24) is 0 Å². The molecule has 0 N–H and O–H groups in total. The zero-order valence-electron chi connectivity index (χ0n) is 8.46. The molecule has 0 heteroatoms. The highest BCUT2D eigenvalue weighted by atomic mass is 14.0. The van der Waals surface area contributed by atoms with Gasteiger partial charge in [-0.15, -0.1) is 6.42 Å². The fourth-order valence-electron chi connectivity index (χ4n) is 1.49. The van der Waals surface area contributed by atoms with E-state index in [2.05, 4.69) is 5.92 Å². The second-order valence-electron chi connectivity index (χ2n) is 3.04. The van der Waals surface area contributed by atoms with Gasteiger partial charge in [-0.05, 0) is 23.3 Å². The Morgan fingerprint density at radius 2 is 2.15 bits per heavy atom. The SMILES string of the molecule is [2H]c1cccc2ccc(C)c(C#C)c12. The molecule has 62 valence electrons. The first kappa shape index (κ1) is 6.74. The molecule has 2 aromatic carbocycles. The van der Waals surface area contributed by atoms with Crippen LogP contribution in [0.5, 0.6) is 0 Å². The number of rotatable bonds is 0. The topological polar surface area (TPSA) is 0 Å². The Hall–Kier alpha value is -1.74. The van der Waals surface area contributed by atoms with Crippen LogP contribution < -0.4 is 0 Å². The van der Waals surface area contributed by atoms with Gasteiger partial charge in [-0.2, -0.15) is 0 Å². The highest BCUT2D eigenvalue weighted by Gasteiger charge is 1.99. The lowest BCUT2D eigenvalue weighted by Crippen LogP contribution is -1.83. The summed E-state index contributed by atoms with van der Waals surface area (Å²) in [6.07, 6.45) is 5.45. The van der Waals surface area contributed by atoms with Crippen molar-refractivity contribution in [2.75, 3.05) is 0 Å². The molecule has 0 aromatic heterocycles. The third-order valence-electron chi connectivity index (χ3n) is 2.19. The fourth-order valence-corrected chi connectivity index (χ4v) is 1.49. The molecule has 0 radical (unpaired) electrons. The molecule has 0 unspecified atom stereocenters. The predicted molar refractivity (Wildman–Crippen MR) is 56.6 cm³/mol. The minimum Gasteiger partial charge on any atom is -0.115 e. The van der Waals surface area contributed by atoms with Crippen LogP contribution in [0.4, 0.5) is 0 Å². The molecule has 0 amide bonds. The summed E-state index contributed by atoms with van der Waals surface area (Å²) in [5, 5.41) is 1.92. The largest absolute Gasteiger partial charge is 0.115 e. The Balaban J connectivity index is 3.01. The average molecular weight is 167 g/mol. The first-order valence-corrected chi connectivity index (χ1v) is 4.19. The lowest BCUT2D eigenvalue weighted by molar-refractivity contribution is 1.47. The van der Waals surface area contributed by atoms with Crippen molar-refractivity contribution in [3.63, 3.8) is 0 Å². The Bertz CT molecular complexity index is 533. The van der Waals surface area contributed by atoms with Crippen LogP contribution in [-0.4, -0.2) is 0 Å².